The molecular weight excluding hydrogens is 445 g/mol. The summed E-state index contributed by atoms with van der Waals surface area (Å²) in [4.78, 5) is 10.5. The molecule has 0 atom stereocenters. The van der Waals surface area contributed by atoms with Gasteiger partial charge in [0.15, 0.2) is 11.6 Å². The van der Waals surface area contributed by atoms with Crippen molar-refractivity contribution in [2.24, 2.45) is 5.92 Å². The molecule has 2 aliphatic rings. The maximum Gasteiger partial charge on any atom is 0.159 e. The maximum absolute atomic E-state index is 15.6. The Labute approximate surface area is 202 Å². The molecule has 0 unspecified atom stereocenters. The Hall–Kier alpha value is -3.49. The Morgan fingerprint density at radius 1 is 1.20 bits per heavy atom. The van der Waals surface area contributed by atoms with Gasteiger partial charge in [-0.15, -0.1) is 0 Å². The number of aromatic nitrogens is 4. The Morgan fingerprint density at radius 3 is 2.86 bits per heavy atom. The molecule has 3 N–H and O–H groups in total. The first kappa shape index (κ1) is 22.0. The summed E-state index contributed by atoms with van der Waals surface area (Å²) in [6.07, 6.45) is 5.81. The molecular formula is C27H28FN5O2. The number of hydrogen-bond acceptors (Lipinski definition) is 5. The number of nitrogens with zero attached hydrogens (tertiary/aromatic N) is 3. The number of halogens is 1. The van der Waals surface area contributed by atoms with Crippen molar-refractivity contribution in [2.45, 2.75) is 19.8 Å². The van der Waals surface area contributed by atoms with Crippen LogP contribution < -0.4 is 0 Å². The minimum Gasteiger partial charge on any atom is -0.508 e. The van der Waals surface area contributed by atoms with E-state index in [0.29, 0.717) is 34.8 Å². The van der Waals surface area contributed by atoms with Crippen molar-refractivity contribution in [2.75, 3.05) is 32.8 Å². The number of nitrogens with one attached hydrogen (secondary N) is 2. The van der Waals surface area contributed by atoms with Crippen LogP contribution in [0.15, 0.2) is 42.6 Å². The molecule has 8 heteroatoms. The van der Waals surface area contributed by atoms with E-state index in [2.05, 4.69) is 31.1 Å². The highest BCUT2D eigenvalue weighted by Crippen LogP contribution is 2.35. The van der Waals surface area contributed by atoms with Crippen molar-refractivity contribution >= 4 is 16.5 Å². The lowest BCUT2D eigenvalue weighted by Crippen LogP contribution is -2.41. The number of fused-ring (bicyclic) bond motifs is 1. The summed E-state index contributed by atoms with van der Waals surface area (Å²) in [5.74, 6) is 1.07. The second-order valence-corrected chi connectivity index (χ2v) is 9.42. The average molecular weight is 474 g/mol. The molecule has 2 aliphatic heterocycles. The number of ether oxygens (including phenoxy) is 1. The van der Waals surface area contributed by atoms with E-state index in [4.69, 9.17) is 4.74 Å². The number of imidazole rings is 1. The maximum atomic E-state index is 15.6. The van der Waals surface area contributed by atoms with Crippen LogP contribution in [0.3, 0.4) is 0 Å². The highest BCUT2D eigenvalue weighted by Gasteiger charge is 2.24. The molecule has 1 fully saturated rings. The number of aromatic amines is 2. The van der Waals surface area contributed by atoms with E-state index in [1.54, 1.807) is 24.3 Å². The largest absolute Gasteiger partial charge is 0.508 e. The number of hydrogen-bond donors (Lipinski definition) is 3. The zero-order valence-electron chi connectivity index (χ0n) is 19.6. The van der Waals surface area contributed by atoms with Gasteiger partial charge in [-0.3, -0.25) is 10.00 Å². The fourth-order valence-corrected chi connectivity index (χ4v) is 5.09. The SMILES string of the molecule is CCc1cc(O)ccc1-c1ccc2c(-c3ncc(C4=CCCN(CC5COC5)C4)[nH]3)[nH]nc2c1F. The fraction of sp³-hybridized carbons (Fsp3) is 0.333. The predicted molar refractivity (Wildman–Crippen MR) is 133 cm³/mol. The third kappa shape index (κ3) is 4.02. The minimum absolute atomic E-state index is 0.177. The molecule has 7 nitrogen and oxygen atoms in total. The van der Waals surface area contributed by atoms with Crippen LogP contribution >= 0.6 is 0 Å². The van der Waals surface area contributed by atoms with Gasteiger partial charge in [0.25, 0.3) is 0 Å². The van der Waals surface area contributed by atoms with Crippen LogP contribution in [0.2, 0.25) is 0 Å². The summed E-state index contributed by atoms with van der Waals surface area (Å²) in [5.41, 5.74) is 5.26. The van der Waals surface area contributed by atoms with E-state index in [1.807, 2.05) is 19.2 Å². The van der Waals surface area contributed by atoms with Crippen molar-refractivity contribution in [1.82, 2.24) is 25.1 Å². The summed E-state index contributed by atoms with van der Waals surface area (Å²) in [7, 11) is 0. The van der Waals surface area contributed by atoms with Gasteiger partial charge in [-0.1, -0.05) is 25.1 Å². The van der Waals surface area contributed by atoms with Gasteiger partial charge in [0.2, 0.25) is 0 Å². The molecule has 0 saturated carbocycles. The van der Waals surface area contributed by atoms with Crippen molar-refractivity contribution in [3.8, 4) is 28.4 Å². The quantitative estimate of drug-likeness (QED) is 0.376. The normalized spacial score (nSPS) is 17.0. The zero-order chi connectivity index (χ0) is 23.9. The first-order valence-corrected chi connectivity index (χ1v) is 12.1. The molecule has 2 aromatic heterocycles. The standard InChI is InChI=1S/C27H28FN5O2/c1-2-17-10-19(34)5-6-20(17)21-7-8-22-25(24(21)28)31-32-26(22)27-29-11-23(30-27)18-4-3-9-33(13-18)12-16-14-35-15-16/h4-8,10-11,16,34H,2-3,9,12-15H2,1H3,(H,29,30)(H,31,32). The summed E-state index contributed by atoms with van der Waals surface area (Å²) in [6.45, 7) is 6.72. The third-order valence-electron chi connectivity index (χ3n) is 7.04. The van der Waals surface area contributed by atoms with Gasteiger partial charge in [-0.05, 0) is 47.7 Å². The van der Waals surface area contributed by atoms with Gasteiger partial charge in [-0.25, -0.2) is 9.37 Å². The summed E-state index contributed by atoms with van der Waals surface area (Å²) >= 11 is 0. The van der Waals surface area contributed by atoms with Gasteiger partial charge in [-0.2, -0.15) is 5.10 Å². The molecule has 0 amide bonds. The fourth-order valence-electron chi connectivity index (χ4n) is 5.09. The van der Waals surface area contributed by atoms with Crippen molar-refractivity contribution < 1.29 is 14.2 Å². The van der Waals surface area contributed by atoms with E-state index in [9.17, 15) is 5.11 Å². The molecule has 180 valence electrons. The van der Waals surface area contributed by atoms with Crippen LogP contribution in [0.25, 0.3) is 39.1 Å². The Morgan fingerprint density at radius 2 is 2.06 bits per heavy atom. The summed E-state index contributed by atoms with van der Waals surface area (Å²) in [5, 5.41) is 17.8. The van der Waals surface area contributed by atoms with Gasteiger partial charge in [0.1, 0.15) is 17.0 Å². The number of phenolic OH excluding ortho intramolecular Hbond substituents is 1. The number of aryl methyl sites for hydroxylation is 1. The molecule has 2 aromatic carbocycles. The molecule has 4 heterocycles. The first-order valence-electron chi connectivity index (χ1n) is 12.1. The Bertz CT molecular complexity index is 1420. The van der Waals surface area contributed by atoms with Gasteiger partial charge in [0, 0.05) is 36.5 Å². The second-order valence-electron chi connectivity index (χ2n) is 9.42. The van der Waals surface area contributed by atoms with E-state index in [1.165, 1.54) is 5.57 Å². The van der Waals surface area contributed by atoms with Gasteiger partial charge in [0.05, 0.1) is 25.1 Å². The molecule has 0 radical (unpaired) electrons. The topological polar surface area (TPSA) is 90.1 Å². The van der Waals surface area contributed by atoms with Crippen LogP contribution in [0, 0.1) is 11.7 Å². The molecule has 6 rings (SSSR count). The van der Waals surface area contributed by atoms with Crippen molar-refractivity contribution in [3.05, 3.63) is 59.7 Å². The van der Waals surface area contributed by atoms with E-state index < -0.39 is 0 Å². The summed E-state index contributed by atoms with van der Waals surface area (Å²) < 4.78 is 20.9. The van der Waals surface area contributed by atoms with E-state index >= 15 is 4.39 Å². The highest BCUT2D eigenvalue weighted by molar-refractivity contribution is 5.95. The number of H-pyrrole nitrogens is 2. The van der Waals surface area contributed by atoms with Crippen LogP contribution in [0.5, 0.6) is 5.75 Å². The van der Waals surface area contributed by atoms with E-state index in [-0.39, 0.29) is 17.1 Å². The smallest absolute Gasteiger partial charge is 0.159 e. The van der Waals surface area contributed by atoms with Crippen molar-refractivity contribution in [3.63, 3.8) is 0 Å². The number of rotatable bonds is 6. The lowest BCUT2D eigenvalue weighted by atomic mass is 9.96. The molecule has 0 spiro atoms. The summed E-state index contributed by atoms with van der Waals surface area (Å²) in [6, 6.07) is 8.67. The van der Waals surface area contributed by atoms with Gasteiger partial charge >= 0.3 is 0 Å². The highest BCUT2D eigenvalue weighted by atomic mass is 19.1. The number of phenols is 1. The first-order chi connectivity index (χ1) is 17.1. The average Bonchev–Trinajstić information content (AvgIpc) is 3.50. The molecule has 4 aromatic rings. The number of aromatic hydroxyl groups is 1. The minimum atomic E-state index is -0.386. The zero-order valence-corrected chi connectivity index (χ0v) is 19.6. The van der Waals surface area contributed by atoms with E-state index in [0.717, 1.165) is 56.1 Å². The molecule has 0 bridgehead atoms. The monoisotopic (exact) mass is 473 g/mol. The predicted octanol–water partition coefficient (Wildman–Crippen LogP) is 4.76. The molecule has 35 heavy (non-hydrogen) atoms. The second kappa shape index (κ2) is 8.94. The van der Waals surface area contributed by atoms with Crippen LogP contribution in [-0.2, 0) is 11.2 Å². The van der Waals surface area contributed by atoms with Gasteiger partial charge < -0.3 is 14.8 Å². The molecule has 0 aliphatic carbocycles. The van der Waals surface area contributed by atoms with Crippen LogP contribution in [0.1, 0.15) is 24.6 Å². The van der Waals surface area contributed by atoms with Crippen LogP contribution in [0.4, 0.5) is 4.39 Å². The Balaban J connectivity index is 1.29. The Kier molecular flexibility index (Phi) is 5.62. The van der Waals surface area contributed by atoms with Crippen molar-refractivity contribution in [1.29, 1.82) is 0 Å². The third-order valence-corrected chi connectivity index (χ3v) is 7.04. The number of benzene rings is 2. The molecule has 1 saturated heterocycles. The van der Waals surface area contributed by atoms with Crippen LogP contribution in [-0.4, -0.2) is 63.0 Å². The lowest BCUT2D eigenvalue weighted by Gasteiger charge is -2.34. The lowest BCUT2D eigenvalue weighted by molar-refractivity contribution is -0.0451.